The van der Waals surface area contributed by atoms with Crippen molar-refractivity contribution in [2.24, 2.45) is 0 Å². The number of anilines is 1. The van der Waals surface area contributed by atoms with Crippen LogP contribution in [0, 0.1) is 10.1 Å². The minimum atomic E-state index is -0.567. The van der Waals surface area contributed by atoms with Gasteiger partial charge in [0, 0.05) is 6.42 Å². The van der Waals surface area contributed by atoms with Crippen molar-refractivity contribution in [2.45, 2.75) is 12.8 Å². The van der Waals surface area contributed by atoms with E-state index in [1.165, 1.54) is 19.2 Å². The van der Waals surface area contributed by atoms with E-state index in [-0.39, 0.29) is 29.5 Å². The molecule has 0 aliphatic rings. The fraction of sp³-hybridized carbons (Fsp3) is 0.188. The Hall–Kier alpha value is -2.13. The Morgan fingerprint density at radius 3 is 2.44 bits per heavy atom. The Bertz CT molecular complexity index is 803. The van der Waals surface area contributed by atoms with Crippen molar-refractivity contribution in [1.29, 1.82) is 0 Å². The zero-order chi connectivity index (χ0) is 18.6. The lowest BCUT2D eigenvalue weighted by Gasteiger charge is -2.12. The van der Waals surface area contributed by atoms with Crippen molar-refractivity contribution >= 4 is 49.2 Å². The number of nitro groups is 1. The van der Waals surface area contributed by atoms with Crippen LogP contribution in [0.1, 0.15) is 12.0 Å². The number of ether oxygens (including phenoxy) is 2. The number of carbonyl (C=O) groups excluding carboxylic acids is 1. The Labute approximate surface area is 160 Å². The molecule has 2 aromatic rings. The van der Waals surface area contributed by atoms with Gasteiger partial charge >= 0.3 is 5.97 Å². The third-order valence-electron chi connectivity index (χ3n) is 3.32. The van der Waals surface area contributed by atoms with Crippen molar-refractivity contribution in [3.8, 4) is 11.5 Å². The highest BCUT2D eigenvalue weighted by Crippen LogP contribution is 2.39. The minimum Gasteiger partial charge on any atom is -0.469 e. The lowest BCUT2D eigenvalue weighted by molar-refractivity contribution is -0.384. The molecule has 0 aliphatic carbocycles. The Kier molecular flexibility index (Phi) is 6.38. The van der Waals surface area contributed by atoms with Crippen LogP contribution in [0.3, 0.4) is 0 Å². The Morgan fingerprint density at radius 1 is 1.24 bits per heavy atom. The van der Waals surface area contributed by atoms with E-state index in [0.29, 0.717) is 21.1 Å². The molecule has 2 rings (SSSR count). The minimum absolute atomic E-state index is 0.0636. The average Bonchev–Trinajstić information content (AvgIpc) is 2.57. The van der Waals surface area contributed by atoms with Crippen molar-refractivity contribution in [2.75, 3.05) is 12.8 Å². The molecule has 0 fully saturated rings. The molecule has 0 heterocycles. The molecule has 0 saturated carbocycles. The van der Waals surface area contributed by atoms with Gasteiger partial charge in [0.25, 0.3) is 5.69 Å². The number of nitrogen functional groups attached to an aromatic ring is 1. The molecule has 9 heteroatoms. The molecule has 0 atom stereocenters. The SMILES string of the molecule is COC(=O)CCc1cc(Br)c(Oc2ccc(N)c([N+](=O)[O-])c2)c(Br)c1. The van der Waals surface area contributed by atoms with Crippen molar-refractivity contribution in [3.63, 3.8) is 0 Å². The molecule has 0 radical (unpaired) electrons. The van der Waals surface area contributed by atoms with Crippen LogP contribution >= 0.6 is 31.9 Å². The van der Waals surface area contributed by atoms with Crippen LogP contribution in [0.15, 0.2) is 39.3 Å². The van der Waals surface area contributed by atoms with E-state index in [4.69, 9.17) is 10.5 Å². The Morgan fingerprint density at radius 2 is 1.88 bits per heavy atom. The van der Waals surface area contributed by atoms with Crippen molar-refractivity contribution in [3.05, 3.63) is 55.0 Å². The van der Waals surface area contributed by atoms with Gasteiger partial charge in [-0.1, -0.05) is 0 Å². The molecule has 0 bridgehead atoms. The molecule has 132 valence electrons. The van der Waals surface area contributed by atoms with Crippen LogP contribution < -0.4 is 10.5 Å². The van der Waals surface area contributed by atoms with E-state index in [1.807, 2.05) is 12.1 Å². The molecular formula is C16H14Br2N2O5. The maximum Gasteiger partial charge on any atom is 0.305 e. The predicted octanol–water partition coefficient (Wildman–Crippen LogP) is 4.60. The van der Waals surface area contributed by atoms with Gasteiger partial charge < -0.3 is 15.2 Å². The number of halogens is 2. The van der Waals surface area contributed by atoms with Crippen molar-refractivity contribution < 1.29 is 19.2 Å². The van der Waals surface area contributed by atoms with E-state index >= 15 is 0 Å². The summed E-state index contributed by atoms with van der Waals surface area (Å²) in [6, 6.07) is 7.86. The second-order valence-electron chi connectivity index (χ2n) is 5.04. The van der Waals surface area contributed by atoms with Gasteiger partial charge in [-0.15, -0.1) is 0 Å². The number of hydrogen-bond acceptors (Lipinski definition) is 6. The molecule has 25 heavy (non-hydrogen) atoms. The molecule has 0 unspecified atom stereocenters. The number of esters is 1. The zero-order valence-electron chi connectivity index (χ0n) is 13.1. The van der Waals surface area contributed by atoms with Gasteiger partial charge in [-0.05, 0) is 68.1 Å². The van der Waals surface area contributed by atoms with E-state index in [1.54, 1.807) is 6.07 Å². The van der Waals surface area contributed by atoms with Crippen LogP contribution in [0.25, 0.3) is 0 Å². The molecule has 7 nitrogen and oxygen atoms in total. The fourth-order valence-electron chi connectivity index (χ4n) is 2.07. The maximum absolute atomic E-state index is 11.2. The number of nitro benzene ring substituents is 1. The summed E-state index contributed by atoms with van der Waals surface area (Å²) in [4.78, 5) is 21.6. The van der Waals surface area contributed by atoms with Crippen LogP contribution in [0.4, 0.5) is 11.4 Å². The summed E-state index contributed by atoms with van der Waals surface area (Å²) < 4.78 is 11.6. The van der Waals surface area contributed by atoms with E-state index in [0.717, 1.165) is 5.56 Å². The lowest BCUT2D eigenvalue weighted by atomic mass is 10.1. The topological polar surface area (TPSA) is 105 Å². The number of rotatable bonds is 6. The first-order valence-corrected chi connectivity index (χ1v) is 8.67. The number of benzene rings is 2. The highest BCUT2D eigenvalue weighted by Gasteiger charge is 2.16. The second-order valence-corrected chi connectivity index (χ2v) is 6.75. The van der Waals surface area contributed by atoms with Gasteiger partial charge in [0.15, 0.2) is 5.75 Å². The number of aryl methyl sites for hydroxylation is 1. The quantitative estimate of drug-likeness (QED) is 0.284. The first-order valence-electron chi connectivity index (χ1n) is 7.08. The van der Waals surface area contributed by atoms with Crippen LogP contribution in [-0.4, -0.2) is 18.0 Å². The van der Waals surface area contributed by atoms with Crippen molar-refractivity contribution in [1.82, 2.24) is 0 Å². The largest absolute Gasteiger partial charge is 0.469 e. The summed E-state index contributed by atoms with van der Waals surface area (Å²) in [5, 5.41) is 11.0. The highest BCUT2D eigenvalue weighted by molar-refractivity contribution is 9.11. The monoisotopic (exact) mass is 472 g/mol. The average molecular weight is 474 g/mol. The molecule has 0 spiro atoms. The third-order valence-corrected chi connectivity index (χ3v) is 4.50. The zero-order valence-corrected chi connectivity index (χ0v) is 16.3. The fourth-order valence-corrected chi connectivity index (χ4v) is 3.51. The summed E-state index contributed by atoms with van der Waals surface area (Å²) in [7, 11) is 1.34. The van der Waals surface area contributed by atoms with Gasteiger partial charge in [-0.3, -0.25) is 14.9 Å². The third kappa shape index (κ3) is 4.93. The molecular weight excluding hydrogens is 460 g/mol. The second kappa shape index (κ2) is 8.30. The number of hydrogen-bond donors (Lipinski definition) is 1. The molecule has 2 N–H and O–H groups in total. The van der Waals surface area contributed by atoms with Gasteiger partial charge in [0.05, 0.1) is 27.0 Å². The smallest absolute Gasteiger partial charge is 0.305 e. The summed E-state index contributed by atoms with van der Waals surface area (Å²) in [5.74, 6) is 0.451. The van der Waals surface area contributed by atoms with E-state index < -0.39 is 4.92 Å². The van der Waals surface area contributed by atoms with Gasteiger partial charge in [-0.2, -0.15) is 0 Å². The van der Waals surface area contributed by atoms with Gasteiger partial charge in [0.1, 0.15) is 11.4 Å². The van der Waals surface area contributed by atoms with Crippen LogP contribution in [-0.2, 0) is 16.0 Å². The molecule has 2 aromatic carbocycles. The molecule has 0 amide bonds. The molecule has 0 aliphatic heterocycles. The summed E-state index contributed by atoms with van der Waals surface area (Å²) >= 11 is 6.82. The van der Waals surface area contributed by atoms with Crippen LogP contribution in [0.5, 0.6) is 11.5 Å². The van der Waals surface area contributed by atoms with Crippen LogP contribution in [0.2, 0.25) is 0 Å². The predicted molar refractivity (Wildman–Crippen MR) is 99.8 cm³/mol. The number of nitrogens with two attached hydrogens (primary N) is 1. The number of carbonyl (C=O) groups is 1. The first-order chi connectivity index (χ1) is 11.8. The Balaban J connectivity index is 2.24. The summed E-state index contributed by atoms with van der Waals surface area (Å²) in [6.07, 6.45) is 0.775. The molecule has 0 aromatic heterocycles. The van der Waals surface area contributed by atoms with E-state index in [2.05, 4.69) is 36.6 Å². The number of nitrogens with zero attached hydrogens (tertiary/aromatic N) is 1. The molecule has 0 saturated heterocycles. The summed E-state index contributed by atoms with van der Waals surface area (Å²) in [5.41, 5.74) is 6.32. The maximum atomic E-state index is 11.2. The summed E-state index contributed by atoms with van der Waals surface area (Å²) in [6.45, 7) is 0. The normalized spacial score (nSPS) is 10.4. The van der Waals surface area contributed by atoms with Gasteiger partial charge in [-0.25, -0.2) is 0 Å². The van der Waals surface area contributed by atoms with E-state index in [9.17, 15) is 14.9 Å². The lowest BCUT2D eigenvalue weighted by Crippen LogP contribution is -2.02. The van der Waals surface area contributed by atoms with Gasteiger partial charge in [0.2, 0.25) is 0 Å². The first kappa shape index (κ1) is 19.2. The highest BCUT2D eigenvalue weighted by atomic mass is 79.9. The number of methoxy groups -OCH3 is 1. The standard InChI is InChI=1S/C16H14Br2N2O5/c1-24-15(21)5-2-9-6-11(17)16(12(18)7-9)25-10-3-4-13(19)14(8-10)20(22)23/h3-4,6-8H,2,5,19H2,1H3.